The standard InChI is InChI=1S/C15H20ClNO2/c16-13-10-12(4-3-7-17-5-1-2-6-17)11-14-15(13)19-9-8-18-14/h10-11H,1-9H2. The molecule has 0 radical (unpaired) electrons. The molecule has 3 rings (SSSR count). The van der Waals surface area contributed by atoms with Crippen LogP contribution in [-0.4, -0.2) is 37.7 Å². The highest BCUT2D eigenvalue weighted by atomic mass is 35.5. The maximum atomic E-state index is 6.24. The van der Waals surface area contributed by atoms with E-state index in [4.69, 9.17) is 21.1 Å². The van der Waals surface area contributed by atoms with Crippen molar-refractivity contribution in [3.8, 4) is 11.5 Å². The summed E-state index contributed by atoms with van der Waals surface area (Å²) in [6.45, 7) is 4.91. The van der Waals surface area contributed by atoms with Crippen molar-refractivity contribution in [1.82, 2.24) is 4.90 Å². The molecule has 4 heteroatoms. The van der Waals surface area contributed by atoms with E-state index in [0.29, 0.717) is 24.0 Å². The van der Waals surface area contributed by atoms with Crippen LogP contribution < -0.4 is 9.47 Å². The van der Waals surface area contributed by atoms with E-state index in [-0.39, 0.29) is 0 Å². The molecule has 2 aliphatic heterocycles. The van der Waals surface area contributed by atoms with Crippen molar-refractivity contribution < 1.29 is 9.47 Å². The monoisotopic (exact) mass is 281 g/mol. The summed E-state index contributed by atoms with van der Waals surface area (Å²) < 4.78 is 11.1. The third kappa shape index (κ3) is 3.15. The van der Waals surface area contributed by atoms with E-state index in [1.165, 1.54) is 44.5 Å². The number of rotatable bonds is 4. The summed E-state index contributed by atoms with van der Waals surface area (Å²) in [5.74, 6) is 1.51. The number of halogens is 1. The molecule has 19 heavy (non-hydrogen) atoms. The van der Waals surface area contributed by atoms with Crippen LogP contribution in [0.4, 0.5) is 0 Å². The first-order chi connectivity index (χ1) is 9.33. The van der Waals surface area contributed by atoms with Gasteiger partial charge >= 0.3 is 0 Å². The van der Waals surface area contributed by atoms with Gasteiger partial charge in [0.2, 0.25) is 0 Å². The average Bonchev–Trinajstić information content (AvgIpc) is 2.92. The molecule has 3 nitrogen and oxygen atoms in total. The van der Waals surface area contributed by atoms with Crippen LogP contribution in [0.25, 0.3) is 0 Å². The lowest BCUT2D eigenvalue weighted by Crippen LogP contribution is -2.20. The summed E-state index contributed by atoms with van der Waals surface area (Å²) in [4.78, 5) is 2.54. The highest BCUT2D eigenvalue weighted by Crippen LogP contribution is 2.38. The third-order valence-electron chi connectivity index (χ3n) is 3.80. The smallest absolute Gasteiger partial charge is 0.179 e. The predicted octanol–water partition coefficient (Wildman–Crippen LogP) is 3.14. The largest absolute Gasteiger partial charge is 0.486 e. The number of ether oxygens (including phenoxy) is 2. The molecule has 1 aromatic rings. The van der Waals surface area contributed by atoms with Gasteiger partial charge < -0.3 is 14.4 Å². The van der Waals surface area contributed by atoms with E-state index in [0.717, 1.165) is 12.2 Å². The topological polar surface area (TPSA) is 21.7 Å². The van der Waals surface area contributed by atoms with Gasteiger partial charge in [0.05, 0.1) is 5.02 Å². The number of hydrogen-bond acceptors (Lipinski definition) is 3. The Hall–Kier alpha value is -0.930. The molecule has 0 N–H and O–H groups in total. The Bertz CT molecular complexity index is 444. The molecule has 0 spiro atoms. The molecular weight excluding hydrogens is 262 g/mol. The Morgan fingerprint density at radius 2 is 1.89 bits per heavy atom. The minimum Gasteiger partial charge on any atom is -0.486 e. The van der Waals surface area contributed by atoms with Gasteiger partial charge in [-0.2, -0.15) is 0 Å². The van der Waals surface area contributed by atoms with Crippen molar-refractivity contribution >= 4 is 11.6 Å². The summed E-state index contributed by atoms with van der Waals surface area (Å²) in [5, 5.41) is 0.674. The number of likely N-dealkylation sites (tertiary alicyclic amines) is 1. The van der Waals surface area contributed by atoms with Gasteiger partial charge in [-0.1, -0.05) is 11.6 Å². The molecule has 2 heterocycles. The first-order valence-corrected chi connectivity index (χ1v) is 7.51. The summed E-state index contributed by atoms with van der Waals surface area (Å²) in [5.41, 5.74) is 1.24. The normalized spacial score (nSPS) is 18.8. The molecule has 1 fully saturated rings. The molecule has 2 aliphatic rings. The van der Waals surface area contributed by atoms with Crippen LogP contribution in [0.2, 0.25) is 5.02 Å². The Balaban J connectivity index is 1.59. The fraction of sp³-hybridized carbons (Fsp3) is 0.600. The SMILES string of the molecule is Clc1cc(CCCN2CCCC2)cc2c1OCCO2. The summed E-state index contributed by atoms with van der Waals surface area (Å²) >= 11 is 6.24. The number of fused-ring (bicyclic) bond motifs is 1. The molecular formula is C15H20ClNO2. The van der Waals surface area contributed by atoms with Crippen LogP contribution in [0, 0.1) is 0 Å². The maximum Gasteiger partial charge on any atom is 0.179 e. The Morgan fingerprint density at radius 1 is 1.11 bits per heavy atom. The highest BCUT2D eigenvalue weighted by Gasteiger charge is 2.17. The van der Waals surface area contributed by atoms with Crippen LogP contribution in [0.15, 0.2) is 12.1 Å². The summed E-state index contributed by atoms with van der Waals surface area (Å²) in [7, 11) is 0. The highest BCUT2D eigenvalue weighted by molar-refractivity contribution is 6.32. The lowest BCUT2D eigenvalue weighted by molar-refractivity contribution is 0.171. The van der Waals surface area contributed by atoms with E-state index in [1.54, 1.807) is 0 Å². The zero-order valence-corrected chi connectivity index (χ0v) is 11.9. The van der Waals surface area contributed by atoms with Crippen molar-refractivity contribution in [1.29, 1.82) is 0 Å². The quantitative estimate of drug-likeness (QED) is 0.846. The van der Waals surface area contributed by atoms with Crippen molar-refractivity contribution in [3.05, 3.63) is 22.7 Å². The molecule has 0 bridgehead atoms. The molecule has 0 saturated carbocycles. The van der Waals surface area contributed by atoms with Crippen LogP contribution in [0.3, 0.4) is 0 Å². The van der Waals surface area contributed by atoms with E-state index >= 15 is 0 Å². The lowest BCUT2D eigenvalue weighted by atomic mass is 10.1. The van der Waals surface area contributed by atoms with Crippen molar-refractivity contribution in [2.75, 3.05) is 32.8 Å². The molecule has 0 unspecified atom stereocenters. The zero-order valence-electron chi connectivity index (χ0n) is 11.2. The molecule has 0 amide bonds. The van der Waals surface area contributed by atoms with Crippen molar-refractivity contribution in [2.24, 2.45) is 0 Å². The molecule has 1 aromatic carbocycles. The van der Waals surface area contributed by atoms with Crippen LogP contribution in [0.1, 0.15) is 24.8 Å². The average molecular weight is 282 g/mol. The summed E-state index contributed by atoms with van der Waals surface area (Å²) in [6.07, 6.45) is 4.94. The second kappa shape index (κ2) is 6.02. The van der Waals surface area contributed by atoms with Gasteiger partial charge in [0, 0.05) is 0 Å². The minimum absolute atomic E-state index is 0.584. The van der Waals surface area contributed by atoms with E-state index in [9.17, 15) is 0 Å². The van der Waals surface area contributed by atoms with Crippen LogP contribution in [-0.2, 0) is 6.42 Å². The first kappa shape index (κ1) is 13.1. The van der Waals surface area contributed by atoms with Gasteiger partial charge in [-0.3, -0.25) is 0 Å². The fourth-order valence-corrected chi connectivity index (χ4v) is 3.11. The molecule has 104 valence electrons. The van der Waals surface area contributed by atoms with E-state index in [1.807, 2.05) is 6.07 Å². The van der Waals surface area contributed by atoms with E-state index in [2.05, 4.69) is 11.0 Å². The number of nitrogens with zero attached hydrogens (tertiary/aromatic N) is 1. The summed E-state index contributed by atoms with van der Waals surface area (Å²) in [6, 6.07) is 4.09. The Morgan fingerprint density at radius 3 is 2.74 bits per heavy atom. The Labute approximate surface area is 119 Å². The van der Waals surface area contributed by atoms with Gasteiger partial charge in [-0.05, 0) is 63.0 Å². The van der Waals surface area contributed by atoms with Gasteiger partial charge in [0.25, 0.3) is 0 Å². The lowest BCUT2D eigenvalue weighted by Gasteiger charge is -2.20. The van der Waals surface area contributed by atoms with Crippen LogP contribution in [0.5, 0.6) is 11.5 Å². The van der Waals surface area contributed by atoms with Crippen molar-refractivity contribution in [2.45, 2.75) is 25.7 Å². The first-order valence-electron chi connectivity index (χ1n) is 7.13. The molecule has 0 atom stereocenters. The van der Waals surface area contributed by atoms with Gasteiger partial charge in [-0.15, -0.1) is 0 Å². The minimum atomic E-state index is 0.584. The zero-order chi connectivity index (χ0) is 13.1. The van der Waals surface area contributed by atoms with Crippen LogP contribution >= 0.6 is 11.6 Å². The third-order valence-corrected chi connectivity index (χ3v) is 4.08. The van der Waals surface area contributed by atoms with Gasteiger partial charge in [0.1, 0.15) is 13.2 Å². The van der Waals surface area contributed by atoms with E-state index < -0.39 is 0 Å². The number of hydrogen-bond donors (Lipinski definition) is 0. The number of benzene rings is 1. The molecule has 0 aromatic heterocycles. The Kier molecular flexibility index (Phi) is 4.14. The fourth-order valence-electron chi connectivity index (χ4n) is 2.82. The number of aryl methyl sites for hydroxylation is 1. The second-order valence-electron chi connectivity index (χ2n) is 5.25. The van der Waals surface area contributed by atoms with Crippen molar-refractivity contribution in [3.63, 3.8) is 0 Å². The van der Waals surface area contributed by atoms with Gasteiger partial charge in [-0.25, -0.2) is 0 Å². The second-order valence-corrected chi connectivity index (χ2v) is 5.66. The van der Waals surface area contributed by atoms with Gasteiger partial charge in [0.15, 0.2) is 11.5 Å². The maximum absolute atomic E-state index is 6.24. The molecule has 1 saturated heterocycles. The molecule has 0 aliphatic carbocycles. The predicted molar refractivity (Wildman–Crippen MR) is 76.4 cm³/mol.